The molecule has 0 bridgehead atoms. The second-order valence-electron chi connectivity index (χ2n) is 10.4. The van der Waals surface area contributed by atoms with Crippen molar-refractivity contribution in [1.82, 2.24) is 20.2 Å². The molecule has 0 aromatic carbocycles. The van der Waals surface area contributed by atoms with Gasteiger partial charge in [-0.15, -0.1) is 11.3 Å². The molecule has 1 N–H and O–H groups in total. The van der Waals surface area contributed by atoms with Crippen molar-refractivity contribution in [1.29, 1.82) is 0 Å². The molecule has 2 amide bonds. The number of urea groups is 1. The molecule has 1 fully saturated rings. The number of aryl methyl sites for hydroxylation is 1. The molecule has 2 unspecified atom stereocenters. The van der Waals surface area contributed by atoms with E-state index in [4.69, 9.17) is 9.97 Å². The monoisotopic (exact) mass is 443 g/mol. The van der Waals surface area contributed by atoms with Crippen LogP contribution >= 0.6 is 11.3 Å². The molecular formula is C24H37N5OS. The summed E-state index contributed by atoms with van der Waals surface area (Å²) in [5, 5.41) is 4.37. The van der Waals surface area contributed by atoms with Crippen molar-refractivity contribution in [3.63, 3.8) is 0 Å². The van der Waals surface area contributed by atoms with Crippen LogP contribution in [0.15, 0.2) is 0 Å². The molecule has 3 heterocycles. The van der Waals surface area contributed by atoms with E-state index in [1.165, 1.54) is 22.2 Å². The first-order chi connectivity index (χ1) is 14.7. The fraction of sp³-hybridized carbons (Fsp3) is 0.708. The van der Waals surface area contributed by atoms with Crippen molar-refractivity contribution in [2.75, 3.05) is 31.1 Å². The smallest absolute Gasteiger partial charge is 0.317 e. The van der Waals surface area contributed by atoms with Gasteiger partial charge in [0.15, 0.2) is 0 Å². The molecular weight excluding hydrogens is 406 g/mol. The maximum atomic E-state index is 12.6. The summed E-state index contributed by atoms with van der Waals surface area (Å²) in [4.78, 5) is 29.7. The number of aromatic nitrogens is 2. The lowest BCUT2D eigenvalue weighted by Gasteiger charge is -2.37. The maximum Gasteiger partial charge on any atom is 0.317 e. The Bertz CT molecular complexity index is 955. The molecule has 0 saturated carbocycles. The number of nitrogens with zero attached hydrogens (tertiary/aromatic N) is 4. The van der Waals surface area contributed by atoms with Crippen molar-refractivity contribution in [3.8, 4) is 0 Å². The summed E-state index contributed by atoms with van der Waals surface area (Å²) in [5.41, 5.74) is 1.27. The van der Waals surface area contributed by atoms with Crippen molar-refractivity contribution in [2.24, 2.45) is 5.92 Å². The van der Waals surface area contributed by atoms with E-state index in [-0.39, 0.29) is 11.6 Å². The first-order valence-electron chi connectivity index (χ1n) is 11.8. The van der Waals surface area contributed by atoms with Gasteiger partial charge in [0.2, 0.25) is 0 Å². The molecule has 2 aromatic rings. The van der Waals surface area contributed by atoms with Crippen LogP contribution in [0.2, 0.25) is 0 Å². The van der Waals surface area contributed by atoms with E-state index in [9.17, 15) is 4.79 Å². The molecule has 1 aliphatic carbocycles. The Morgan fingerprint density at radius 2 is 1.94 bits per heavy atom. The number of rotatable bonds is 3. The van der Waals surface area contributed by atoms with Crippen molar-refractivity contribution in [2.45, 2.75) is 78.7 Å². The quantitative estimate of drug-likeness (QED) is 0.728. The van der Waals surface area contributed by atoms with Crippen LogP contribution in [0.5, 0.6) is 0 Å². The Hall–Kier alpha value is -1.89. The number of fused-ring (bicyclic) bond motifs is 3. The van der Waals surface area contributed by atoms with Gasteiger partial charge >= 0.3 is 6.03 Å². The van der Waals surface area contributed by atoms with E-state index in [2.05, 4.69) is 31.0 Å². The minimum Gasteiger partial charge on any atom is -0.352 e. The Balaban J connectivity index is 1.64. The van der Waals surface area contributed by atoms with E-state index in [1.807, 2.05) is 37.0 Å². The van der Waals surface area contributed by atoms with E-state index < -0.39 is 0 Å². The SMILES string of the molecule is CCC(C)c1nc(N2CCN(C(=O)NC(C)(C)C)CC2)c2c3c(sc2n1)CC(C)CC3. The molecule has 2 aromatic heterocycles. The predicted octanol–water partition coefficient (Wildman–Crippen LogP) is 4.96. The van der Waals surface area contributed by atoms with E-state index in [0.717, 1.165) is 67.8 Å². The number of amides is 2. The van der Waals surface area contributed by atoms with Gasteiger partial charge in [-0.1, -0.05) is 20.8 Å². The van der Waals surface area contributed by atoms with Gasteiger partial charge < -0.3 is 15.1 Å². The summed E-state index contributed by atoms with van der Waals surface area (Å²) in [6.07, 6.45) is 4.57. The van der Waals surface area contributed by atoms with E-state index >= 15 is 0 Å². The second kappa shape index (κ2) is 8.57. The predicted molar refractivity (Wildman–Crippen MR) is 129 cm³/mol. The van der Waals surface area contributed by atoms with Gasteiger partial charge in [-0.3, -0.25) is 0 Å². The number of carbonyl (C=O) groups is 1. The average Bonchev–Trinajstić information content (AvgIpc) is 3.08. The highest BCUT2D eigenvalue weighted by atomic mass is 32.1. The zero-order chi connectivity index (χ0) is 22.3. The summed E-state index contributed by atoms with van der Waals surface area (Å²) < 4.78 is 0. The summed E-state index contributed by atoms with van der Waals surface area (Å²) in [7, 11) is 0. The first kappa shape index (κ1) is 22.3. The lowest BCUT2D eigenvalue weighted by atomic mass is 9.89. The molecule has 4 rings (SSSR count). The van der Waals surface area contributed by atoms with Gasteiger partial charge in [0.05, 0.1) is 5.39 Å². The fourth-order valence-corrected chi connectivity index (χ4v) is 5.88. The topological polar surface area (TPSA) is 61.4 Å². The van der Waals surface area contributed by atoms with Crippen LogP contribution in [0, 0.1) is 5.92 Å². The molecule has 2 atom stereocenters. The number of carbonyl (C=O) groups excluding carboxylic acids is 1. The fourth-order valence-electron chi connectivity index (χ4n) is 4.49. The summed E-state index contributed by atoms with van der Waals surface area (Å²) in [6, 6.07) is 0.0298. The van der Waals surface area contributed by atoms with Crippen LogP contribution in [0.4, 0.5) is 10.6 Å². The number of hydrogen-bond acceptors (Lipinski definition) is 5. The number of hydrogen-bond donors (Lipinski definition) is 1. The van der Waals surface area contributed by atoms with Crippen LogP contribution in [0.3, 0.4) is 0 Å². The standard InChI is InChI=1S/C24H37N5OS/c1-7-16(3)20-25-21(19-17-9-8-15(2)14-18(17)31-22(19)26-20)28-10-12-29(13-11-28)23(30)27-24(4,5)6/h15-16H,7-14H2,1-6H3,(H,27,30). The number of nitrogens with one attached hydrogen (secondary N) is 1. The minimum absolute atomic E-state index is 0.0298. The highest BCUT2D eigenvalue weighted by Crippen LogP contribution is 2.41. The molecule has 1 saturated heterocycles. The number of thiophene rings is 1. The highest BCUT2D eigenvalue weighted by molar-refractivity contribution is 7.19. The zero-order valence-corrected chi connectivity index (χ0v) is 20.7. The molecule has 0 radical (unpaired) electrons. The van der Waals surface area contributed by atoms with Crippen molar-refractivity contribution in [3.05, 3.63) is 16.3 Å². The third-order valence-corrected chi connectivity index (χ3v) is 7.70. The van der Waals surface area contributed by atoms with Crippen LogP contribution < -0.4 is 10.2 Å². The first-order valence-corrected chi connectivity index (χ1v) is 12.6. The van der Waals surface area contributed by atoms with Crippen LogP contribution in [0.1, 0.15) is 76.6 Å². The molecule has 7 heteroatoms. The van der Waals surface area contributed by atoms with Gasteiger partial charge in [0.1, 0.15) is 16.5 Å². The maximum absolute atomic E-state index is 12.6. The molecule has 6 nitrogen and oxygen atoms in total. The lowest BCUT2D eigenvalue weighted by molar-refractivity contribution is 0.185. The summed E-state index contributed by atoms with van der Waals surface area (Å²) >= 11 is 1.88. The van der Waals surface area contributed by atoms with Crippen molar-refractivity contribution >= 4 is 33.4 Å². The molecule has 170 valence electrons. The molecule has 31 heavy (non-hydrogen) atoms. The molecule has 1 aliphatic heterocycles. The summed E-state index contributed by atoms with van der Waals surface area (Å²) in [6.45, 7) is 15.9. The van der Waals surface area contributed by atoms with Gasteiger partial charge in [-0.2, -0.15) is 0 Å². The Morgan fingerprint density at radius 3 is 2.58 bits per heavy atom. The normalized spacial score (nSPS) is 20.6. The number of piperazine rings is 1. The number of anilines is 1. The lowest BCUT2D eigenvalue weighted by Crippen LogP contribution is -2.55. The summed E-state index contributed by atoms with van der Waals surface area (Å²) in [5.74, 6) is 3.16. The average molecular weight is 444 g/mol. The van der Waals surface area contributed by atoms with Crippen LogP contribution in [0.25, 0.3) is 10.2 Å². The second-order valence-corrected chi connectivity index (χ2v) is 11.5. The third kappa shape index (κ3) is 4.66. The minimum atomic E-state index is -0.217. The Labute approximate surface area is 190 Å². The largest absolute Gasteiger partial charge is 0.352 e. The Morgan fingerprint density at radius 1 is 1.23 bits per heavy atom. The molecule has 2 aliphatic rings. The Kier molecular flexibility index (Phi) is 6.16. The third-order valence-electron chi connectivity index (χ3n) is 6.55. The van der Waals surface area contributed by atoms with Gasteiger partial charge in [-0.05, 0) is 57.9 Å². The van der Waals surface area contributed by atoms with Gasteiger partial charge in [0, 0.05) is 42.5 Å². The van der Waals surface area contributed by atoms with Gasteiger partial charge in [0.25, 0.3) is 0 Å². The van der Waals surface area contributed by atoms with E-state index in [0.29, 0.717) is 5.92 Å². The zero-order valence-electron chi connectivity index (χ0n) is 19.9. The molecule has 0 spiro atoms. The van der Waals surface area contributed by atoms with Crippen molar-refractivity contribution < 1.29 is 4.79 Å². The van der Waals surface area contributed by atoms with E-state index in [1.54, 1.807) is 0 Å². The van der Waals surface area contributed by atoms with Gasteiger partial charge in [-0.25, -0.2) is 14.8 Å². The van der Waals surface area contributed by atoms with Crippen LogP contribution in [-0.2, 0) is 12.8 Å². The highest BCUT2D eigenvalue weighted by Gasteiger charge is 2.29. The van der Waals surface area contributed by atoms with Crippen LogP contribution in [-0.4, -0.2) is 52.6 Å².